The van der Waals surface area contributed by atoms with Crippen LogP contribution in [0.1, 0.15) is 5.56 Å². The number of hydrogen-bond donors (Lipinski definition) is 1. The van der Waals surface area contributed by atoms with Crippen LogP contribution in [0.4, 0.5) is 10.2 Å². The lowest BCUT2D eigenvalue weighted by molar-refractivity contribution is 0.391. The number of aromatic nitrogens is 2. The molecule has 0 aliphatic rings. The maximum absolute atomic E-state index is 13.1. The van der Waals surface area contributed by atoms with E-state index in [1.807, 2.05) is 0 Å². The standard InChI is InChI=1S/C13H14FN3O2/c1-18-11-3-4-12(16-8-11)15-6-9-5-10(14)7-17-13(9)19-2/h3-5,7-8H,6H2,1-2H3,(H,15,16). The maximum Gasteiger partial charge on any atom is 0.218 e. The van der Waals surface area contributed by atoms with Gasteiger partial charge in [-0.15, -0.1) is 0 Å². The van der Waals surface area contributed by atoms with Crippen molar-refractivity contribution >= 4 is 5.82 Å². The molecule has 0 aliphatic carbocycles. The average molecular weight is 263 g/mol. The average Bonchev–Trinajstić information content (AvgIpc) is 2.46. The summed E-state index contributed by atoms with van der Waals surface area (Å²) in [6.45, 7) is 0.368. The molecule has 0 saturated heterocycles. The summed E-state index contributed by atoms with van der Waals surface area (Å²) in [5.74, 6) is 1.32. The highest BCUT2D eigenvalue weighted by atomic mass is 19.1. The Morgan fingerprint density at radius 1 is 1.16 bits per heavy atom. The first-order valence-electron chi connectivity index (χ1n) is 5.65. The molecule has 0 atom stereocenters. The first kappa shape index (κ1) is 13.1. The van der Waals surface area contributed by atoms with Crippen molar-refractivity contribution in [3.63, 3.8) is 0 Å². The number of nitrogens with zero attached hydrogens (tertiary/aromatic N) is 2. The second-order valence-electron chi connectivity index (χ2n) is 3.76. The molecule has 0 aromatic carbocycles. The van der Waals surface area contributed by atoms with Crippen molar-refractivity contribution in [3.8, 4) is 11.6 Å². The van der Waals surface area contributed by atoms with Crippen LogP contribution in [-0.4, -0.2) is 24.2 Å². The number of anilines is 1. The minimum atomic E-state index is -0.403. The molecule has 100 valence electrons. The molecular weight excluding hydrogens is 249 g/mol. The van der Waals surface area contributed by atoms with Gasteiger partial charge in [0.1, 0.15) is 17.4 Å². The number of ether oxygens (including phenoxy) is 2. The lowest BCUT2D eigenvalue weighted by Gasteiger charge is -2.09. The molecule has 0 fully saturated rings. The van der Waals surface area contributed by atoms with Crippen LogP contribution in [0.5, 0.6) is 11.6 Å². The molecular formula is C13H14FN3O2. The second-order valence-corrected chi connectivity index (χ2v) is 3.76. The SMILES string of the molecule is COc1ccc(NCc2cc(F)cnc2OC)nc1. The molecule has 0 bridgehead atoms. The van der Waals surface area contributed by atoms with Gasteiger partial charge in [0.15, 0.2) is 0 Å². The van der Waals surface area contributed by atoms with Crippen molar-refractivity contribution in [2.45, 2.75) is 6.54 Å². The van der Waals surface area contributed by atoms with Gasteiger partial charge in [-0.2, -0.15) is 0 Å². The van der Waals surface area contributed by atoms with E-state index in [2.05, 4.69) is 15.3 Å². The molecule has 2 rings (SSSR count). The van der Waals surface area contributed by atoms with E-state index >= 15 is 0 Å². The van der Waals surface area contributed by atoms with Gasteiger partial charge in [-0.05, 0) is 18.2 Å². The van der Waals surface area contributed by atoms with Crippen molar-refractivity contribution in [2.24, 2.45) is 0 Å². The fourth-order valence-electron chi connectivity index (χ4n) is 1.57. The predicted octanol–water partition coefficient (Wildman–Crippen LogP) is 2.25. The Bertz CT molecular complexity index is 546. The lowest BCUT2D eigenvalue weighted by Crippen LogP contribution is -2.04. The van der Waals surface area contributed by atoms with Crippen LogP contribution in [0.2, 0.25) is 0 Å². The van der Waals surface area contributed by atoms with E-state index in [1.165, 1.54) is 13.2 Å². The van der Waals surface area contributed by atoms with Crippen LogP contribution in [0, 0.1) is 5.82 Å². The number of halogens is 1. The van der Waals surface area contributed by atoms with E-state index in [0.29, 0.717) is 29.6 Å². The second kappa shape index (κ2) is 5.99. The van der Waals surface area contributed by atoms with Crippen molar-refractivity contribution in [2.75, 3.05) is 19.5 Å². The molecule has 0 unspecified atom stereocenters. The van der Waals surface area contributed by atoms with Crippen LogP contribution < -0.4 is 14.8 Å². The van der Waals surface area contributed by atoms with Crippen LogP contribution >= 0.6 is 0 Å². The van der Waals surface area contributed by atoms with Crippen LogP contribution in [0.15, 0.2) is 30.6 Å². The van der Waals surface area contributed by atoms with Crippen molar-refractivity contribution in [3.05, 3.63) is 42.0 Å². The molecule has 0 amide bonds. The van der Waals surface area contributed by atoms with Gasteiger partial charge in [0.05, 0.1) is 26.6 Å². The van der Waals surface area contributed by atoms with Gasteiger partial charge in [-0.3, -0.25) is 0 Å². The maximum atomic E-state index is 13.1. The largest absolute Gasteiger partial charge is 0.495 e. The number of pyridine rings is 2. The third-order valence-electron chi connectivity index (χ3n) is 2.52. The topological polar surface area (TPSA) is 56.3 Å². The number of rotatable bonds is 5. The summed E-state index contributed by atoms with van der Waals surface area (Å²) in [6.07, 6.45) is 2.72. The van der Waals surface area contributed by atoms with Gasteiger partial charge in [0, 0.05) is 12.1 Å². The molecule has 2 aromatic heterocycles. The quantitative estimate of drug-likeness (QED) is 0.896. The zero-order chi connectivity index (χ0) is 13.7. The molecule has 0 spiro atoms. The summed E-state index contributed by atoms with van der Waals surface area (Å²) < 4.78 is 23.2. The van der Waals surface area contributed by atoms with Crippen LogP contribution in [0.3, 0.4) is 0 Å². The molecule has 6 heteroatoms. The molecule has 0 aliphatic heterocycles. The molecule has 0 saturated carbocycles. The number of nitrogens with one attached hydrogen (secondary N) is 1. The Hall–Kier alpha value is -2.37. The van der Waals surface area contributed by atoms with Crippen molar-refractivity contribution in [1.82, 2.24) is 9.97 Å². The van der Waals surface area contributed by atoms with E-state index in [-0.39, 0.29) is 0 Å². The zero-order valence-electron chi connectivity index (χ0n) is 10.7. The van der Waals surface area contributed by atoms with Gasteiger partial charge in [0.25, 0.3) is 0 Å². The van der Waals surface area contributed by atoms with E-state index in [4.69, 9.17) is 9.47 Å². The molecule has 5 nitrogen and oxygen atoms in total. The molecule has 0 radical (unpaired) electrons. The van der Waals surface area contributed by atoms with Gasteiger partial charge < -0.3 is 14.8 Å². The third kappa shape index (κ3) is 3.31. The Kier molecular flexibility index (Phi) is 4.12. The van der Waals surface area contributed by atoms with Crippen molar-refractivity contribution < 1.29 is 13.9 Å². The fourth-order valence-corrected chi connectivity index (χ4v) is 1.57. The van der Waals surface area contributed by atoms with E-state index < -0.39 is 5.82 Å². The first-order chi connectivity index (χ1) is 9.22. The monoisotopic (exact) mass is 263 g/mol. The summed E-state index contributed by atoms with van der Waals surface area (Å²) in [5, 5.41) is 3.06. The summed E-state index contributed by atoms with van der Waals surface area (Å²) in [7, 11) is 3.07. The first-order valence-corrected chi connectivity index (χ1v) is 5.65. The molecule has 2 heterocycles. The Morgan fingerprint density at radius 3 is 2.63 bits per heavy atom. The van der Waals surface area contributed by atoms with E-state index in [0.717, 1.165) is 6.20 Å². The van der Waals surface area contributed by atoms with Gasteiger partial charge in [0.2, 0.25) is 5.88 Å². The van der Waals surface area contributed by atoms with E-state index in [1.54, 1.807) is 25.4 Å². The Balaban J connectivity index is 2.07. The minimum absolute atomic E-state index is 0.368. The highest BCUT2D eigenvalue weighted by Gasteiger charge is 2.06. The lowest BCUT2D eigenvalue weighted by atomic mass is 10.2. The molecule has 1 N–H and O–H groups in total. The minimum Gasteiger partial charge on any atom is -0.495 e. The summed E-state index contributed by atoms with van der Waals surface area (Å²) in [6, 6.07) is 4.94. The normalized spacial score (nSPS) is 10.1. The van der Waals surface area contributed by atoms with Gasteiger partial charge in [-0.25, -0.2) is 14.4 Å². The van der Waals surface area contributed by atoms with Crippen LogP contribution in [0.25, 0.3) is 0 Å². The third-order valence-corrected chi connectivity index (χ3v) is 2.52. The Morgan fingerprint density at radius 2 is 2.00 bits per heavy atom. The summed E-state index contributed by atoms with van der Waals surface area (Å²) in [5.41, 5.74) is 0.625. The van der Waals surface area contributed by atoms with Crippen molar-refractivity contribution in [1.29, 1.82) is 0 Å². The summed E-state index contributed by atoms with van der Waals surface area (Å²) >= 11 is 0. The predicted molar refractivity (Wildman–Crippen MR) is 68.9 cm³/mol. The van der Waals surface area contributed by atoms with Gasteiger partial charge in [-0.1, -0.05) is 0 Å². The van der Waals surface area contributed by atoms with Gasteiger partial charge >= 0.3 is 0 Å². The van der Waals surface area contributed by atoms with E-state index in [9.17, 15) is 4.39 Å². The molecule has 2 aromatic rings. The number of methoxy groups -OCH3 is 2. The summed E-state index contributed by atoms with van der Waals surface area (Å²) in [4.78, 5) is 8.01. The van der Waals surface area contributed by atoms with Crippen LogP contribution in [-0.2, 0) is 6.54 Å². The number of hydrogen-bond acceptors (Lipinski definition) is 5. The fraction of sp³-hybridized carbons (Fsp3) is 0.231. The highest BCUT2D eigenvalue weighted by molar-refractivity contribution is 5.39. The molecule has 19 heavy (non-hydrogen) atoms. The Labute approximate surface area is 110 Å². The zero-order valence-corrected chi connectivity index (χ0v) is 10.7. The highest BCUT2D eigenvalue weighted by Crippen LogP contribution is 2.18. The smallest absolute Gasteiger partial charge is 0.218 e.